The summed E-state index contributed by atoms with van der Waals surface area (Å²) in [5, 5.41) is 0. The molecule has 0 fully saturated rings. The monoisotopic (exact) mass is 190 g/mol. The highest BCUT2D eigenvalue weighted by atomic mass is 16.1. The molecular weight excluding hydrogens is 172 g/mol. The first-order valence-electron chi connectivity index (χ1n) is 5.04. The first kappa shape index (κ1) is 11.0. The summed E-state index contributed by atoms with van der Waals surface area (Å²) in [5.41, 5.74) is 2.04. The van der Waals surface area contributed by atoms with Gasteiger partial charge in [-0.15, -0.1) is 0 Å². The molecule has 1 nitrogen and oxygen atoms in total. The smallest absolute Gasteiger partial charge is 0.182 e. The maximum Gasteiger partial charge on any atom is 0.182 e. The van der Waals surface area contributed by atoms with Crippen molar-refractivity contribution in [1.29, 1.82) is 0 Å². The first-order valence-corrected chi connectivity index (χ1v) is 5.04. The number of hydrogen-bond donors (Lipinski definition) is 0. The predicted molar refractivity (Wildman–Crippen MR) is 60.1 cm³/mol. The van der Waals surface area contributed by atoms with Crippen molar-refractivity contribution in [2.75, 3.05) is 0 Å². The fourth-order valence-corrected chi connectivity index (χ4v) is 2.03. The Labute approximate surface area is 86.2 Å². The third kappa shape index (κ3) is 2.03. The molecule has 0 aromatic carbocycles. The van der Waals surface area contributed by atoms with Crippen LogP contribution in [0.15, 0.2) is 35.5 Å². The Bertz CT molecular complexity index is 327. The van der Waals surface area contributed by atoms with E-state index < -0.39 is 0 Å². The number of carbonyl (C=O) groups is 1. The van der Waals surface area contributed by atoms with Crippen LogP contribution in [0.4, 0.5) is 0 Å². The summed E-state index contributed by atoms with van der Waals surface area (Å²) in [6.07, 6.45) is 8.62. The van der Waals surface area contributed by atoms with Crippen LogP contribution in [-0.4, -0.2) is 5.78 Å². The van der Waals surface area contributed by atoms with E-state index in [1.165, 1.54) is 5.57 Å². The van der Waals surface area contributed by atoms with Crippen LogP contribution in [0.2, 0.25) is 0 Å². The van der Waals surface area contributed by atoms with Crippen LogP contribution >= 0.6 is 0 Å². The van der Waals surface area contributed by atoms with Crippen molar-refractivity contribution in [2.24, 2.45) is 5.41 Å². The lowest BCUT2D eigenvalue weighted by molar-refractivity contribution is -0.112. The third-order valence-corrected chi connectivity index (χ3v) is 2.59. The lowest BCUT2D eigenvalue weighted by Crippen LogP contribution is -2.22. The summed E-state index contributed by atoms with van der Waals surface area (Å²) in [4.78, 5) is 11.8. The Hall–Kier alpha value is -1.11. The van der Waals surface area contributed by atoms with Gasteiger partial charge in [-0.1, -0.05) is 37.6 Å². The summed E-state index contributed by atoms with van der Waals surface area (Å²) < 4.78 is 0. The van der Waals surface area contributed by atoms with Crippen LogP contribution in [0.3, 0.4) is 0 Å². The van der Waals surface area contributed by atoms with Crippen molar-refractivity contribution >= 4 is 5.78 Å². The van der Waals surface area contributed by atoms with Gasteiger partial charge in [0, 0.05) is 11.0 Å². The van der Waals surface area contributed by atoms with Crippen LogP contribution < -0.4 is 0 Å². The van der Waals surface area contributed by atoms with Crippen molar-refractivity contribution < 1.29 is 4.79 Å². The molecule has 0 unspecified atom stereocenters. The molecule has 0 spiro atoms. The summed E-state index contributed by atoms with van der Waals surface area (Å²) in [6.45, 7) is 8.09. The van der Waals surface area contributed by atoms with Crippen molar-refractivity contribution in [3.05, 3.63) is 35.5 Å². The SMILES string of the molecule is CC=CC(=O)C1=C(C)CC=CC1(C)C. The van der Waals surface area contributed by atoms with E-state index in [1.807, 2.05) is 13.8 Å². The summed E-state index contributed by atoms with van der Waals surface area (Å²) in [6, 6.07) is 0. The van der Waals surface area contributed by atoms with Gasteiger partial charge in [-0.05, 0) is 26.3 Å². The van der Waals surface area contributed by atoms with Gasteiger partial charge >= 0.3 is 0 Å². The number of allylic oxidation sites excluding steroid dienone is 6. The highest BCUT2D eigenvalue weighted by molar-refractivity contribution is 6.05. The van der Waals surface area contributed by atoms with Gasteiger partial charge in [0.2, 0.25) is 0 Å². The Morgan fingerprint density at radius 3 is 2.64 bits per heavy atom. The molecule has 0 bridgehead atoms. The standard InChI is InChI=1S/C13H18O/c1-5-7-11(14)12-10(2)8-6-9-13(12,3)4/h5-7,9H,8H2,1-4H3. The maximum absolute atomic E-state index is 11.8. The Balaban J connectivity index is 3.10. The van der Waals surface area contributed by atoms with Crippen molar-refractivity contribution in [2.45, 2.75) is 34.1 Å². The molecule has 0 saturated carbocycles. The zero-order valence-corrected chi connectivity index (χ0v) is 9.42. The van der Waals surface area contributed by atoms with Gasteiger partial charge in [-0.25, -0.2) is 0 Å². The second-order valence-electron chi connectivity index (χ2n) is 4.35. The molecule has 0 radical (unpaired) electrons. The molecular formula is C13H18O. The summed E-state index contributed by atoms with van der Waals surface area (Å²) >= 11 is 0. The van der Waals surface area contributed by atoms with E-state index in [1.54, 1.807) is 12.2 Å². The quantitative estimate of drug-likeness (QED) is 0.481. The zero-order chi connectivity index (χ0) is 10.8. The highest BCUT2D eigenvalue weighted by Crippen LogP contribution is 2.36. The molecule has 0 heterocycles. The third-order valence-electron chi connectivity index (χ3n) is 2.59. The molecule has 1 rings (SSSR count). The van der Waals surface area contributed by atoms with E-state index in [4.69, 9.17) is 0 Å². The largest absolute Gasteiger partial charge is 0.290 e. The van der Waals surface area contributed by atoms with E-state index in [9.17, 15) is 4.79 Å². The Kier molecular flexibility index (Phi) is 3.10. The fraction of sp³-hybridized carbons (Fsp3) is 0.462. The van der Waals surface area contributed by atoms with Crippen molar-refractivity contribution in [3.8, 4) is 0 Å². The molecule has 0 atom stereocenters. The average molecular weight is 190 g/mol. The van der Waals surface area contributed by atoms with Gasteiger partial charge in [0.05, 0.1) is 0 Å². The average Bonchev–Trinajstić information content (AvgIpc) is 2.02. The normalized spacial score (nSPS) is 20.6. The van der Waals surface area contributed by atoms with Crippen LogP contribution in [-0.2, 0) is 4.79 Å². The second-order valence-corrected chi connectivity index (χ2v) is 4.35. The Morgan fingerprint density at radius 2 is 2.14 bits per heavy atom. The molecule has 0 amide bonds. The minimum Gasteiger partial charge on any atom is -0.290 e. The van der Waals surface area contributed by atoms with E-state index in [-0.39, 0.29) is 11.2 Å². The number of carbonyl (C=O) groups excluding carboxylic acids is 1. The molecule has 0 aliphatic heterocycles. The van der Waals surface area contributed by atoms with Crippen LogP contribution in [0.1, 0.15) is 34.1 Å². The fourth-order valence-electron chi connectivity index (χ4n) is 2.03. The van der Waals surface area contributed by atoms with E-state index in [2.05, 4.69) is 26.0 Å². The first-order chi connectivity index (χ1) is 6.49. The van der Waals surface area contributed by atoms with Crippen molar-refractivity contribution in [1.82, 2.24) is 0 Å². The lowest BCUT2D eigenvalue weighted by Gasteiger charge is -2.28. The summed E-state index contributed by atoms with van der Waals surface area (Å²) in [7, 11) is 0. The molecule has 1 aliphatic rings. The molecule has 0 N–H and O–H groups in total. The van der Waals surface area contributed by atoms with E-state index in [0.29, 0.717) is 0 Å². The number of hydrogen-bond acceptors (Lipinski definition) is 1. The summed E-state index contributed by atoms with van der Waals surface area (Å²) in [5.74, 6) is 0.152. The predicted octanol–water partition coefficient (Wildman–Crippen LogP) is 3.43. The molecule has 0 aromatic heterocycles. The minimum atomic E-state index is -0.112. The van der Waals surface area contributed by atoms with Gasteiger partial charge in [0.1, 0.15) is 0 Å². The molecule has 14 heavy (non-hydrogen) atoms. The molecule has 1 heteroatoms. The topological polar surface area (TPSA) is 17.1 Å². The van der Waals surface area contributed by atoms with Gasteiger partial charge in [0.15, 0.2) is 5.78 Å². The molecule has 76 valence electrons. The molecule has 1 aliphatic carbocycles. The molecule has 0 saturated heterocycles. The van der Waals surface area contributed by atoms with Crippen LogP contribution in [0.25, 0.3) is 0 Å². The van der Waals surface area contributed by atoms with E-state index in [0.717, 1.165) is 12.0 Å². The minimum absolute atomic E-state index is 0.112. The van der Waals surface area contributed by atoms with E-state index >= 15 is 0 Å². The van der Waals surface area contributed by atoms with Gasteiger partial charge in [0.25, 0.3) is 0 Å². The van der Waals surface area contributed by atoms with Gasteiger partial charge in [-0.2, -0.15) is 0 Å². The second kappa shape index (κ2) is 3.95. The zero-order valence-electron chi connectivity index (χ0n) is 9.42. The number of rotatable bonds is 2. The van der Waals surface area contributed by atoms with Gasteiger partial charge < -0.3 is 0 Å². The number of ketones is 1. The Morgan fingerprint density at radius 1 is 1.50 bits per heavy atom. The van der Waals surface area contributed by atoms with Crippen molar-refractivity contribution in [3.63, 3.8) is 0 Å². The van der Waals surface area contributed by atoms with Crippen LogP contribution in [0.5, 0.6) is 0 Å². The van der Waals surface area contributed by atoms with Gasteiger partial charge in [-0.3, -0.25) is 4.79 Å². The molecule has 0 aromatic rings. The maximum atomic E-state index is 11.8. The highest BCUT2D eigenvalue weighted by Gasteiger charge is 2.28. The lowest BCUT2D eigenvalue weighted by atomic mass is 9.75. The van der Waals surface area contributed by atoms with Crippen LogP contribution in [0, 0.1) is 5.41 Å².